The minimum absolute atomic E-state index is 0.0401. The minimum atomic E-state index is -6.18. The lowest BCUT2D eigenvalue weighted by molar-refractivity contribution is -0.202. The molecule has 28 heavy (non-hydrogen) atoms. The number of esters is 2. The van der Waals surface area contributed by atoms with Gasteiger partial charge in [-0.05, 0) is 53.6 Å². The molecule has 0 N–H and O–H groups in total. The van der Waals surface area contributed by atoms with Crippen LogP contribution in [0.4, 0.5) is 8.78 Å². The highest BCUT2D eigenvalue weighted by Gasteiger charge is 2.63. The Labute approximate surface area is 171 Å². The predicted molar refractivity (Wildman–Crippen MR) is 93.3 cm³/mol. The van der Waals surface area contributed by atoms with Gasteiger partial charge in [-0.15, -0.1) is 0 Å². The summed E-state index contributed by atoms with van der Waals surface area (Å²) in [6, 6.07) is 5.02. The molecule has 3 aliphatic rings. The molecule has 2 fully saturated rings. The molecule has 1 aliphatic heterocycles. The quantitative estimate of drug-likeness (QED) is 0.332. The van der Waals surface area contributed by atoms with Crippen molar-refractivity contribution in [3.8, 4) is 5.75 Å². The number of ether oxygens (including phenoxy) is 3. The monoisotopic (exact) mass is 529 g/mol. The molecule has 1 spiro atoms. The molecular formula is C16H12F2IO8S-. The van der Waals surface area contributed by atoms with Crippen LogP contribution in [0, 0.1) is 15.4 Å². The van der Waals surface area contributed by atoms with Gasteiger partial charge >= 0.3 is 17.2 Å². The number of carbonyl (C=O) groups is 2. The summed E-state index contributed by atoms with van der Waals surface area (Å²) in [5.41, 5.74) is 0.281. The molecule has 2 bridgehead atoms. The Morgan fingerprint density at radius 3 is 2.64 bits per heavy atom. The van der Waals surface area contributed by atoms with Crippen LogP contribution in [0.5, 0.6) is 5.75 Å². The van der Waals surface area contributed by atoms with E-state index in [0.29, 0.717) is 12.2 Å². The van der Waals surface area contributed by atoms with E-state index in [4.69, 9.17) is 9.47 Å². The second-order valence-corrected chi connectivity index (χ2v) is 9.66. The van der Waals surface area contributed by atoms with Crippen LogP contribution >= 0.6 is 22.6 Å². The van der Waals surface area contributed by atoms with E-state index in [0.717, 1.165) is 3.57 Å². The SMILES string of the molecule is O=C1OC2(CC3CC2CC3OC(=O)C(F)(F)S(=O)(=O)[O-])Oc2ccc(I)cc21. The second-order valence-electron chi connectivity index (χ2n) is 6.99. The van der Waals surface area contributed by atoms with Crippen LogP contribution in [0.2, 0.25) is 0 Å². The fraction of sp³-hybridized carbons (Fsp3) is 0.500. The number of benzene rings is 1. The molecule has 4 rings (SSSR count). The highest BCUT2D eigenvalue weighted by molar-refractivity contribution is 14.1. The first-order chi connectivity index (χ1) is 12.9. The maximum absolute atomic E-state index is 13.3. The van der Waals surface area contributed by atoms with Crippen molar-refractivity contribution in [3.63, 3.8) is 0 Å². The van der Waals surface area contributed by atoms with Crippen molar-refractivity contribution in [3.05, 3.63) is 27.3 Å². The number of carbonyl (C=O) groups excluding carboxylic acids is 2. The van der Waals surface area contributed by atoms with Gasteiger partial charge in [0, 0.05) is 21.8 Å². The Bertz CT molecular complexity index is 981. The molecule has 0 aromatic heterocycles. The molecular weight excluding hydrogens is 517 g/mol. The third-order valence-electron chi connectivity index (χ3n) is 5.32. The zero-order valence-electron chi connectivity index (χ0n) is 13.9. The molecule has 2 aliphatic carbocycles. The van der Waals surface area contributed by atoms with Crippen LogP contribution in [-0.2, 0) is 24.4 Å². The molecule has 4 unspecified atom stereocenters. The molecule has 0 radical (unpaired) electrons. The van der Waals surface area contributed by atoms with E-state index in [-0.39, 0.29) is 18.4 Å². The van der Waals surface area contributed by atoms with Gasteiger partial charge in [-0.1, -0.05) is 0 Å². The fourth-order valence-corrected chi connectivity index (χ4v) is 4.81. The fourth-order valence-electron chi connectivity index (χ4n) is 4.06. The van der Waals surface area contributed by atoms with E-state index in [1.165, 1.54) is 0 Å². The van der Waals surface area contributed by atoms with Gasteiger partial charge in [0.2, 0.25) is 0 Å². The predicted octanol–water partition coefficient (Wildman–Crippen LogP) is 2.02. The molecule has 0 saturated heterocycles. The average molecular weight is 529 g/mol. The molecule has 4 atom stereocenters. The molecule has 1 heterocycles. The van der Waals surface area contributed by atoms with Crippen LogP contribution in [0.15, 0.2) is 18.2 Å². The van der Waals surface area contributed by atoms with Gasteiger partial charge in [0.1, 0.15) is 17.4 Å². The van der Waals surface area contributed by atoms with Crippen molar-refractivity contribution in [1.29, 1.82) is 0 Å². The van der Waals surface area contributed by atoms with Gasteiger partial charge in [0.15, 0.2) is 10.1 Å². The van der Waals surface area contributed by atoms with Crippen molar-refractivity contribution < 1.29 is 45.6 Å². The van der Waals surface area contributed by atoms with E-state index < -0.39 is 51.0 Å². The van der Waals surface area contributed by atoms with E-state index >= 15 is 0 Å². The van der Waals surface area contributed by atoms with Gasteiger partial charge in [0.05, 0.1) is 0 Å². The van der Waals surface area contributed by atoms with E-state index in [1.807, 2.05) is 22.6 Å². The normalized spacial score (nSPS) is 31.3. The summed E-state index contributed by atoms with van der Waals surface area (Å²) in [4.78, 5) is 23.9. The maximum Gasteiger partial charge on any atom is 0.428 e. The topological polar surface area (TPSA) is 119 Å². The summed E-state index contributed by atoms with van der Waals surface area (Å²) in [6.45, 7) is 0. The number of rotatable bonds is 3. The highest BCUT2D eigenvalue weighted by Crippen LogP contribution is 2.56. The number of hydrogen-bond acceptors (Lipinski definition) is 8. The van der Waals surface area contributed by atoms with Gasteiger partial charge in [0.25, 0.3) is 5.79 Å². The molecule has 1 aromatic rings. The standard InChI is InChI=1S/C16H13F2IO8S/c17-16(18,28(22,23)24)14(21)25-12-4-8-3-7(12)6-15(8)26-11-2-1-9(19)5-10(11)13(20)27-15/h1-2,5,7-8,12H,3-4,6H2,(H,22,23,24)/p-1. The number of halogens is 3. The zero-order valence-corrected chi connectivity index (χ0v) is 16.9. The first kappa shape index (κ1) is 19.8. The summed E-state index contributed by atoms with van der Waals surface area (Å²) >= 11 is 2.04. The summed E-state index contributed by atoms with van der Waals surface area (Å²) < 4.78 is 75.3. The summed E-state index contributed by atoms with van der Waals surface area (Å²) in [6.07, 6.45) is -0.502. The van der Waals surface area contributed by atoms with Crippen molar-refractivity contribution in [2.24, 2.45) is 11.8 Å². The van der Waals surface area contributed by atoms with E-state index in [9.17, 15) is 31.3 Å². The second kappa shape index (κ2) is 6.23. The molecule has 0 amide bonds. The van der Waals surface area contributed by atoms with E-state index in [1.54, 1.807) is 18.2 Å². The molecule has 12 heteroatoms. The first-order valence-corrected chi connectivity index (χ1v) is 10.7. The Balaban J connectivity index is 1.50. The summed E-state index contributed by atoms with van der Waals surface area (Å²) in [5, 5.41) is -5.16. The lowest BCUT2D eigenvalue weighted by atomic mass is 9.90. The van der Waals surface area contributed by atoms with Gasteiger partial charge < -0.3 is 18.8 Å². The Hall–Kier alpha value is -1.54. The molecule has 2 saturated carbocycles. The van der Waals surface area contributed by atoms with E-state index in [2.05, 4.69) is 4.74 Å². The third-order valence-corrected chi connectivity index (χ3v) is 6.78. The van der Waals surface area contributed by atoms with Crippen LogP contribution < -0.4 is 4.74 Å². The van der Waals surface area contributed by atoms with Gasteiger partial charge in [-0.2, -0.15) is 8.78 Å². The number of hydrogen-bond donors (Lipinski definition) is 0. The van der Waals surface area contributed by atoms with Crippen molar-refractivity contribution in [1.82, 2.24) is 0 Å². The highest BCUT2D eigenvalue weighted by atomic mass is 127. The van der Waals surface area contributed by atoms with Crippen LogP contribution in [0.25, 0.3) is 0 Å². The number of alkyl halides is 2. The smallest absolute Gasteiger partial charge is 0.428 e. The number of fused-ring (bicyclic) bond motifs is 4. The van der Waals surface area contributed by atoms with Crippen LogP contribution in [0.1, 0.15) is 29.6 Å². The molecule has 8 nitrogen and oxygen atoms in total. The Kier molecular flexibility index (Phi) is 4.39. The zero-order chi connectivity index (χ0) is 20.5. The molecule has 152 valence electrons. The third kappa shape index (κ3) is 2.96. The Morgan fingerprint density at radius 1 is 1.32 bits per heavy atom. The van der Waals surface area contributed by atoms with Gasteiger partial charge in [-0.25, -0.2) is 18.0 Å². The Morgan fingerprint density at radius 2 is 2.04 bits per heavy atom. The van der Waals surface area contributed by atoms with Gasteiger partial charge in [-0.3, -0.25) is 0 Å². The first-order valence-electron chi connectivity index (χ1n) is 8.19. The summed E-state index contributed by atoms with van der Waals surface area (Å²) in [5.74, 6) is -4.79. The van der Waals surface area contributed by atoms with Crippen LogP contribution in [0.3, 0.4) is 0 Å². The largest absolute Gasteiger partial charge is 0.743 e. The van der Waals surface area contributed by atoms with Crippen molar-refractivity contribution in [2.45, 2.75) is 36.4 Å². The minimum Gasteiger partial charge on any atom is -0.743 e. The van der Waals surface area contributed by atoms with Crippen molar-refractivity contribution >= 4 is 44.6 Å². The molecule has 1 aromatic carbocycles. The summed E-state index contributed by atoms with van der Waals surface area (Å²) in [7, 11) is -6.18. The lowest BCUT2D eigenvalue weighted by Gasteiger charge is -2.41. The lowest BCUT2D eigenvalue weighted by Crippen LogP contribution is -2.51. The van der Waals surface area contributed by atoms with Crippen LogP contribution in [-0.4, -0.2) is 42.1 Å². The average Bonchev–Trinajstić information content (AvgIpc) is 3.12. The van der Waals surface area contributed by atoms with Crippen molar-refractivity contribution in [2.75, 3.05) is 0 Å². The maximum atomic E-state index is 13.3.